The number of nitrogens with two attached hydrogens (primary N) is 1. The second-order valence-electron chi connectivity index (χ2n) is 6.16. The van der Waals surface area contributed by atoms with Gasteiger partial charge in [0, 0.05) is 29.0 Å². The number of H-pyrrole nitrogens is 1. The molecule has 130 valence electrons. The SMILES string of the molecule is Nc1nc(Nc2ccc3nc[nH]c3c2)ncc1-c1ccc2ncccc2c1. The average Bonchev–Trinajstić information content (AvgIpc) is 3.16. The van der Waals surface area contributed by atoms with Crippen LogP contribution in [-0.4, -0.2) is 24.9 Å². The van der Waals surface area contributed by atoms with Crippen LogP contribution in [0.1, 0.15) is 0 Å². The Labute approximate surface area is 154 Å². The van der Waals surface area contributed by atoms with Crippen molar-refractivity contribution in [2.45, 2.75) is 0 Å². The number of aromatic amines is 1. The number of anilines is 3. The van der Waals surface area contributed by atoms with Crippen LogP contribution in [0.2, 0.25) is 0 Å². The Morgan fingerprint density at radius 1 is 0.926 bits per heavy atom. The minimum absolute atomic E-state index is 0.415. The second-order valence-corrected chi connectivity index (χ2v) is 6.16. The fourth-order valence-corrected chi connectivity index (χ4v) is 3.06. The van der Waals surface area contributed by atoms with Crippen LogP contribution in [0.4, 0.5) is 17.5 Å². The van der Waals surface area contributed by atoms with E-state index in [-0.39, 0.29) is 0 Å². The van der Waals surface area contributed by atoms with E-state index in [1.165, 1.54) is 0 Å². The monoisotopic (exact) mass is 353 g/mol. The molecule has 4 N–H and O–H groups in total. The summed E-state index contributed by atoms with van der Waals surface area (Å²) in [6.45, 7) is 0. The van der Waals surface area contributed by atoms with Crippen molar-refractivity contribution < 1.29 is 0 Å². The number of nitrogen functional groups attached to an aromatic ring is 1. The molecule has 0 aliphatic carbocycles. The molecule has 0 aliphatic rings. The standard InChI is InChI=1S/C20H15N7/c21-19-15(12-3-5-16-13(8-12)2-1-7-22-16)10-23-20(27-19)26-14-4-6-17-18(9-14)25-11-24-17/h1-11H,(H,24,25)(H3,21,23,26,27). The summed E-state index contributed by atoms with van der Waals surface area (Å²) in [4.78, 5) is 20.4. The van der Waals surface area contributed by atoms with Crippen LogP contribution in [0.3, 0.4) is 0 Å². The highest BCUT2D eigenvalue weighted by molar-refractivity contribution is 5.86. The first-order valence-electron chi connectivity index (χ1n) is 8.44. The molecule has 3 heterocycles. The molecule has 0 amide bonds. The molecule has 7 heteroatoms. The lowest BCUT2D eigenvalue weighted by Crippen LogP contribution is -2.02. The molecule has 0 saturated carbocycles. The van der Waals surface area contributed by atoms with Gasteiger partial charge in [-0.3, -0.25) is 4.98 Å². The summed E-state index contributed by atoms with van der Waals surface area (Å²) in [6, 6.07) is 15.7. The molecule has 5 aromatic rings. The lowest BCUT2D eigenvalue weighted by atomic mass is 10.1. The first-order valence-corrected chi connectivity index (χ1v) is 8.44. The number of hydrogen-bond donors (Lipinski definition) is 3. The molecule has 0 bridgehead atoms. The van der Waals surface area contributed by atoms with Crippen molar-refractivity contribution in [3.8, 4) is 11.1 Å². The van der Waals surface area contributed by atoms with E-state index >= 15 is 0 Å². The van der Waals surface area contributed by atoms with E-state index < -0.39 is 0 Å². The van der Waals surface area contributed by atoms with Crippen molar-refractivity contribution in [1.29, 1.82) is 0 Å². The van der Waals surface area contributed by atoms with E-state index in [1.54, 1.807) is 18.7 Å². The van der Waals surface area contributed by atoms with Gasteiger partial charge in [0.2, 0.25) is 5.95 Å². The Hall–Kier alpha value is -4.00. The molecule has 3 aromatic heterocycles. The molecule has 0 unspecified atom stereocenters. The second kappa shape index (κ2) is 6.06. The van der Waals surface area contributed by atoms with Crippen molar-refractivity contribution >= 4 is 39.4 Å². The predicted molar refractivity (Wildman–Crippen MR) is 107 cm³/mol. The van der Waals surface area contributed by atoms with Gasteiger partial charge in [0.1, 0.15) is 5.82 Å². The van der Waals surface area contributed by atoms with E-state index in [2.05, 4.69) is 30.2 Å². The number of hydrogen-bond acceptors (Lipinski definition) is 6. The van der Waals surface area contributed by atoms with E-state index in [0.29, 0.717) is 11.8 Å². The molecule has 2 aromatic carbocycles. The number of imidazole rings is 1. The summed E-state index contributed by atoms with van der Waals surface area (Å²) < 4.78 is 0. The van der Waals surface area contributed by atoms with Gasteiger partial charge in [0.25, 0.3) is 0 Å². The molecule has 0 saturated heterocycles. The number of aromatic nitrogens is 5. The lowest BCUT2D eigenvalue weighted by molar-refractivity contribution is 1.18. The maximum atomic E-state index is 6.20. The molecule has 5 rings (SSSR count). The van der Waals surface area contributed by atoms with Crippen molar-refractivity contribution in [2.24, 2.45) is 0 Å². The van der Waals surface area contributed by atoms with Crippen LogP contribution in [-0.2, 0) is 0 Å². The van der Waals surface area contributed by atoms with E-state index in [1.807, 2.05) is 48.5 Å². The number of pyridine rings is 1. The third-order valence-corrected chi connectivity index (χ3v) is 4.41. The summed E-state index contributed by atoms with van der Waals surface area (Å²) in [5, 5.41) is 4.22. The van der Waals surface area contributed by atoms with Gasteiger partial charge in [-0.1, -0.05) is 12.1 Å². The summed E-state index contributed by atoms with van der Waals surface area (Å²) in [6.07, 6.45) is 5.17. The zero-order chi connectivity index (χ0) is 18.2. The Morgan fingerprint density at radius 2 is 1.85 bits per heavy atom. The van der Waals surface area contributed by atoms with E-state index in [0.717, 1.165) is 38.8 Å². The van der Waals surface area contributed by atoms with Crippen molar-refractivity contribution in [3.63, 3.8) is 0 Å². The van der Waals surface area contributed by atoms with Gasteiger partial charge in [-0.05, 0) is 42.0 Å². The summed E-state index contributed by atoms with van der Waals surface area (Å²) in [7, 11) is 0. The number of benzene rings is 2. The Bertz CT molecular complexity index is 1280. The fraction of sp³-hybridized carbons (Fsp3) is 0. The quantitative estimate of drug-likeness (QED) is 0.454. The zero-order valence-electron chi connectivity index (χ0n) is 14.2. The number of nitrogens with zero attached hydrogens (tertiary/aromatic N) is 4. The normalized spacial score (nSPS) is 11.1. The third kappa shape index (κ3) is 2.81. The maximum Gasteiger partial charge on any atom is 0.229 e. The third-order valence-electron chi connectivity index (χ3n) is 4.41. The highest BCUT2D eigenvalue weighted by Gasteiger charge is 2.09. The summed E-state index contributed by atoms with van der Waals surface area (Å²) >= 11 is 0. The molecule has 0 spiro atoms. The van der Waals surface area contributed by atoms with Crippen LogP contribution >= 0.6 is 0 Å². The molecule has 0 radical (unpaired) electrons. The highest BCUT2D eigenvalue weighted by atomic mass is 15.1. The molecule has 0 fully saturated rings. The van der Waals surface area contributed by atoms with Crippen LogP contribution in [0.25, 0.3) is 33.1 Å². The molecule has 27 heavy (non-hydrogen) atoms. The maximum absolute atomic E-state index is 6.20. The smallest absolute Gasteiger partial charge is 0.229 e. The van der Waals surface area contributed by atoms with Gasteiger partial charge in [-0.25, -0.2) is 9.97 Å². The van der Waals surface area contributed by atoms with Gasteiger partial charge in [0.15, 0.2) is 0 Å². The first-order chi connectivity index (χ1) is 13.3. The van der Waals surface area contributed by atoms with Crippen molar-refractivity contribution in [1.82, 2.24) is 24.9 Å². The van der Waals surface area contributed by atoms with Gasteiger partial charge >= 0.3 is 0 Å². The Morgan fingerprint density at radius 3 is 2.78 bits per heavy atom. The summed E-state index contributed by atoms with van der Waals surface area (Å²) in [5.74, 6) is 0.857. The van der Waals surface area contributed by atoms with Crippen LogP contribution in [0.5, 0.6) is 0 Å². The van der Waals surface area contributed by atoms with Gasteiger partial charge in [-0.15, -0.1) is 0 Å². The predicted octanol–water partition coefficient (Wildman–Crippen LogP) is 3.89. The minimum atomic E-state index is 0.415. The van der Waals surface area contributed by atoms with Gasteiger partial charge < -0.3 is 16.0 Å². The van der Waals surface area contributed by atoms with E-state index in [9.17, 15) is 0 Å². The molecular weight excluding hydrogens is 338 g/mol. The summed E-state index contributed by atoms with van der Waals surface area (Å²) in [5.41, 5.74) is 11.6. The average molecular weight is 353 g/mol. The van der Waals surface area contributed by atoms with E-state index in [4.69, 9.17) is 5.73 Å². The highest BCUT2D eigenvalue weighted by Crippen LogP contribution is 2.28. The Kier molecular flexibility index (Phi) is 3.43. The van der Waals surface area contributed by atoms with Crippen LogP contribution in [0.15, 0.2) is 67.3 Å². The molecule has 0 atom stereocenters. The van der Waals surface area contributed by atoms with Crippen molar-refractivity contribution in [3.05, 3.63) is 67.3 Å². The van der Waals surface area contributed by atoms with Crippen LogP contribution < -0.4 is 11.1 Å². The number of fused-ring (bicyclic) bond motifs is 2. The molecule has 0 aliphatic heterocycles. The fourth-order valence-electron chi connectivity index (χ4n) is 3.06. The minimum Gasteiger partial charge on any atom is -0.383 e. The van der Waals surface area contributed by atoms with Gasteiger partial charge in [-0.2, -0.15) is 4.98 Å². The van der Waals surface area contributed by atoms with Gasteiger partial charge in [0.05, 0.1) is 22.9 Å². The largest absolute Gasteiger partial charge is 0.383 e. The Balaban J connectivity index is 1.47. The molecule has 7 nitrogen and oxygen atoms in total. The zero-order valence-corrected chi connectivity index (χ0v) is 14.2. The number of rotatable bonds is 3. The topological polar surface area (TPSA) is 105 Å². The number of nitrogens with one attached hydrogen (secondary N) is 2. The first kappa shape index (κ1) is 15.3. The van der Waals surface area contributed by atoms with Crippen LogP contribution in [0, 0.1) is 0 Å². The van der Waals surface area contributed by atoms with Crippen molar-refractivity contribution in [2.75, 3.05) is 11.1 Å². The lowest BCUT2D eigenvalue weighted by Gasteiger charge is -2.09. The molecular formula is C20H15N7.